The Labute approximate surface area is 146 Å². The van der Waals surface area contributed by atoms with E-state index >= 15 is 0 Å². The van der Waals surface area contributed by atoms with Gasteiger partial charge in [-0.2, -0.15) is 5.10 Å². The summed E-state index contributed by atoms with van der Waals surface area (Å²) in [5.74, 6) is -0.201. The molecule has 126 valence electrons. The summed E-state index contributed by atoms with van der Waals surface area (Å²) >= 11 is 5.99. The first-order valence-electron chi connectivity index (χ1n) is 7.58. The maximum atomic E-state index is 12.9. The van der Waals surface area contributed by atoms with Gasteiger partial charge in [-0.05, 0) is 32.0 Å². The SMILES string of the molecule is CC(C)n1nc(C(=CN(C)C)C(=O)c2cccc(Cl)c2)ccc1=O. The molecule has 0 N–H and O–H groups in total. The molecule has 0 fully saturated rings. The van der Waals surface area contributed by atoms with E-state index in [-0.39, 0.29) is 17.4 Å². The fraction of sp³-hybridized carbons (Fsp3) is 0.278. The zero-order chi connectivity index (χ0) is 17.9. The van der Waals surface area contributed by atoms with Crippen LogP contribution in [0.15, 0.2) is 47.4 Å². The number of carbonyl (C=O) groups is 1. The molecule has 0 saturated heterocycles. The topological polar surface area (TPSA) is 55.2 Å². The van der Waals surface area contributed by atoms with Crippen LogP contribution in [0.4, 0.5) is 0 Å². The van der Waals surface area contributed by atoms with E-state index in [1.165, 1.54) is 10.7 Å². The Bertz CT molecular complexity index is 838. The molecule has 5 nitrogen and oxygen atoms in total. The van der Waals surface area contributed by atoms with Gasteiger partial charge < -0.3 is 4.90 Å². The number of allylic oxidation sites excluding steroid dienone is 1. The second kappa shape index (κ2) is 7.45. The molecule has 0 bridgehead atoms. The maximum absolute atomic E-state index is 12.9. The quantitative estimate of drug-likeness (QED) is 0.616. The summed E-state index contributed by atoms with van der Waals surface area (Å²) in [6, 6.07) is 9.66. The second-order valence-corrected chi connectivity index (χ2v) is 6.38. The molecule has 24 heavy (non-hydrogen) atoms. The average Bonchev–Trinajstić information content (AvgIpc) is 2.52. The van der Waals surface area contributed by atoms with Crippen molar-refractivity contribution in [1.29, 1.82) is 0 Å². The van der Waals surface area contributed by atoms with E-state index in [9.17, 15) is 9.59 Å². The van der Waals surface area contributed by atoms with Crippen molar-refractivity contribution in [1.82, 2.24) is 14.7 Å². The van der Waals surface area contributed by atoms with Crippen molar-refractivity contribution in [3.8, 4) is 0 Å². The number of hydrogen-bond acceptors (Lipinski definition) is 4. The largest absolute Gasteiger partial charge is 0.383 e. The van der Waals surface area contributed by atoms with Gasteiger partial charge in [-0.25, -0.2) is 4.68 Å². The molecule has 2 aromatic rings. The van der Waals surface area contributed by atoms with E-state index in [0.29, 0.717) is 21.9 Å². The van der Waals surface area contributed by atoms with Crippen molar-refractivity contribution in [2.45, 2.75) is 19.9 Å². The average molecular weight is 346 g/mol. The third kappa shape index (κ3) is 4.11. The summed E-state index contributed by atoms with van der Waals surface area (Å²) in [6.07, 6.45) is 1.70. The summed E-state index contributed by atoms with van der Waals surface area (Å²) in [7, 11) is 3.65. The van der Waals surface area contributed by atoms with Crippen molar-refractivity contribution in [3.63, 3.8) is 0 Å². The molecule has 2 rings (SSSR count). The lowest BCUT2D eigenvalue weighted by Gasteiger charge is -2.14. The molecule has 0 saturated carbocycles. The molecular weight excluding hydrogens is 326 g/mol. The molecule has 0 unspecified atom stereocenters. The highest BCUT2D eigenvalue weighted by atomic mass is 35.5. The second-order valence-electron chi connectivity index (χ2n) is 5.94. The molecule has 0 amide bonds. The molecule has 0 aliphatic rings. The molecule has 1 aromatic carbocycles. The van der Waals surface area contributed by atoms with Crippen LogP contribution >= 0.6 is 11.6 Å². The number of aromatic nitrogens is 2. The van der Waals surface area contributed by atoms with Gasteiger partial charge in [-0.1, -0.05) is 23.7 Å². The van der Waals surface area contributed by atoms with Gasteiger partial charge in [0, 0.05) is 36.9 Å². The number of hydrogen-bond donors (Lipinski definition) is 0. The van der Waals surface area contributed by atoms with Crippen LogP contribution in [0.5, 0.6) is 0 Å². The third-order valence-corrected chi connectivity index (χ3v) is 3.54. The van der Waals surface area contributed by atoms with Gasteiger partial charge in [0.25, 0.3) is 5.56 Å². The van der Waals surface area contributed by atoms with Crippen LogP contribution in [0.2, 0.25) is 5.02 Å². The Morgan fingerprint density at radius 2 is 1.96 bits per heavy atom. The van der Waals surface area contributed by atoms with Crippen molar-refractivity contribution in [2.75, 3.05) is 14.1 Å². The number of carbonyl (C=O) groups excluding carboxylic acids is 1. The van der Waals surface area contributed by atoms with Gasteiger partial charge in [-0.3, -0.25) is 9.59 Å². The lowest BCUT2D eigenvalue weighted by molar-refractivity contribution is 0.105. The van der Waals surface area contributed by atoms with E-state index in [4.69, 9.17) is 11.6 Å². The lowest BCUT2D eigenvalue weighted by atomic mass is 10.0. The highest BCUT2D eigenvalue weighted by molar-refractivity contribution is 6.33. The predicted molar refractivity (Wildman–Crippen MR) is 96.3 cm³/mol. The smallest absolute Gasteiger partial charge is 0.267 e. The van der Waals surface area contributed by atoms with Gasteiger partial charge in [0.2, 0.25) is 0 Å². The Morgan fingerprint density at radius 3 is 2.54 bits per heavy atom. The zero-order valence-electron chi connectivity index (χ0n) is 14.2. The first-order chi connectivity index (χ1) is 11.3. The minimum absolute atomic E-state index is 0.0978. The Hall–Kier alpha value is -2.40. The first kappa shape index (κ1) is 17.9. The fourth-order valence-corrected chi connectivity index (χ4v) is 2.41. The number of halogens is 1. The summed E-state index contributed by atoms with van der Waals surface area (Å²) in [6.45, 7) is 3.73. The van der Waals surface area contributed by atoms with Gasteiger partial charge in [-0.15, -0.1) is 0 Å². The van der Waals surface area contributed by atoms with E-state index < -0.39 is 0 Å². The summed E-state index contributed by atoms with van der Waals surface area (Å²) in [5, 5.41) is 4.84. The van der Waals surface area contributed by atoms with Crippen LogP contribution in [-0.2, 0) is 0 Å². The molecule has 1 aromatic heterocycles. The van der Waals surface area contributed by atoms with E-state index in [1.807, 2.05) is 27.9 Å². The van der Waals surface area contributed by atoms with E-state index in [0.717, 1.165) is 0 Å². The maximum Gasteiger partial charge on any atom is 0.267 e. The van der Waals surface area contributed by atoms with Crippen molar-refractivity contribution in [2.24, 2.45) is 0 Å². The number of rotatable bonds is 5. The number of nitrogens with zero attached hydrogens (tertiary/aromatic N) is 3. The predicted octanol–water partition coefficient (Wildman–Crippen LogP) is 3.26. The van der Waals surface area contributed by atoms with Crippen LogP contribution < -0.4 is 5.56 Å². The van der Waals surface area contributed by atoms with Gasteiger partial charge >= 0.3 is 0 Å². The first-order valence-corrected chi connectivity index (χ1v) is 7.96. The van der Waals surface area contributed by atoms with Gasteiger partial charge in [0.15, 0.2) is 5.78 Å². The minimum Gasteiger partial charge on any atom is -0.383 e. The minimum atomic E-state index is -0.201. The van der Waals surface area contributed by atoms with Gasteiger partial charge in [0.05, 0.1) is 17.3 Å². The van der Waals surface area contributed by atoms with Crippen LogP contribution in [-0.4, -0.2) is 34.6 Å². The van der Waals surface area contributed by atoms with Crippen LogP contribution in [0, 0.1) is 0 Å². The highest BCUT2D eigenvalue weighted by Crippen LogP contribution is 2.20. The molecule has 0 atom stereocenters. The molecule has 0 aliphatic heterocycles. The van der Waals surface area contributed by atoms with E-state index in [1.54, 1.807) is 41.4 Å². The third-order valence-electron chi connectivity index (χ3n) is 3.31. The number of benzene rings is 1. The fourth-order valence-electron chi connectivity index (χ4n) is 2.22. The van der Waals surface area contributed by atoms with Crippen molar-refractivity contribution in [3.05, 3.63) is 69.2 Å². The number of Topliss-reactive ketones (excluding diaryl/α,β-unsaturated/α-hetero) is 1. The van der Waals surface area contributed by atoms with Crippen LogP contribution in [0.3, 0.4) is 0 Å². The summed E-state index contributed by atoms with van der Waals surface area (Å²) in [4.78, 5) is 26.6. The summed E-state index contributed by atoms with van der Waals surface area (Å²) < 4.78 is 1.37. The molecule has 1 heterocycles. The van der Waals surface area contributed by atoms with Crippen molar-refractivity contribution < 1.29 is 4.79 Å². The molecule has 0 spiro atoms. The molecular formula is C18H20ClN3O2. The monoisotopic (exact) mass is 345 g/mol. The Morgan fingerprint density at radius 1 is 1.25 bits per heavy atom. The standard InChI is InChI=1S/C18H20ClN3O2/c1-12(2)22-17(23)9-8-16(20-22)15(11-21(3)4)18(24)13-6-5-7-14(19)10-13/h5-12H,1-4H3. The van der Waals surface area contributed by atoms with Gasteiger partial charge in [0.1, 0.15) is 0 Å². The Balaban J connectivity index is 2.57. The van der Waals surface area contributed by atoms with Crippen molar-refractivity contribution >= 4 is 23.0 Å². The Kier molecular flexibility index (Phi) is 5.57. The summed E-state index contributed by atoms with van der Waals surface area (Å²) in [5.41, 5.74) is 1.12. The molecule has 0 radical (unpaired) electrons. The van der Waals surface area contributed by atoms with E-state index in [2.05, 4.69) is 5.10 Å². The highest BCUT2D eigenvalue weighted by Gasteiger charge is 2.18. The van der Waals surface area contributed by atoms with Crippen LogP contribution in [0.1, 0.15) is 35.9 Å². The lowest BCUT2D eigenvalue weighted by Crippen LogP contribution is -2.25. The number of ketones is 1. The van der Waals surface area contributed by atoms with Crippen LogP contribution in [0.25, 0.3) is 5.57 Å². The molecule has 0 aliphatic carbocycles. The zero-order valence-corrected chi connectivity index (χ0v) is 14.9. The normalized spacial score (nSPS) is 11.7. The molecule has 6 heteroatoms.